The minimum absolute atomic E-state index is 0.201. The van der Waals surface area contributed by atoms with Gasteiger partial charge in [-0.3, -0.25) is 0 Å². The molecule has 0 saturated heterocycles. The molecule has 1 N–H and O–H groups in total. The molecule has 0 amide bonds. The lowest BCUT2D eigenvalue weighted by Crippen LogP contribution is -2.22. The van der Waals surface area contributed by atoms with Gasteiger partial charge in [-0.1, -0.05) is 6.07 Å². The average Bonchev–Trinajstić information content (AvgIpc) is 2.31. The smallest absolute Gasteiger partial charge is 0.124 e. The molecule has 0 fully saturated rings. The van der Waals surface area contributed by atoms with Gasteiger partial charge in [0.1, 0.15) is 5.75 Å². The van der Waals surface area contributed by atoms with Gasteiger partial charge in [0.05, 0.1) is 7.11 Å². The van der Waals surface area contributed by atoms with Gasteiger partial charge in [0.25, 0.3) is 0 Å². The van der Waals surface area contributed by atoms with Gasteiger partial charge in [-0.25, -0.2) is 0 Å². The molecular weight excluding hydrogens is 226 g/mol. The maximum Gasteiger partial charge on any atom is 0.124 e. The highest BCUT2D eigenvalue weighted by Gasteiger charge is 2.19. The fourth-order valence-electron chi connectivity index (χ4n) is 2.56. The first-order valence-electron chi connectivity index (χ1n) is 6.36. The van der Waals surface area contributed by atoms with Crippen molar-refractivity contribution < 1.29 is 9.84 Å². The molecule has 0 radical (unpaired) electrons. The van der Waals surface area contributed by atoms with Gasteiger partial charge >= 0.3 is 0 Å². The number of hydrogen-bond acceptors (Lipinski definition) is 3. The minimum Gasteiger partial charge on any atom is -0.496 e. The topological polar surface area (TPSA) is 32.7 Å². The quantitative estimate of drug-likeness (QED) is 0.873. The molecule has 1 unspecified atom stereocenters. The predicted octanol–water partition coefficient (Wildman–Crippen LogP) is 2.61. The van der Waals surface area contributed by atoms with E-state index in [-0.39, 0.29) is 12.6 Å². The van der Waals surface area contributed by atoms with Crippen LogP contribution in [0.4, 0.5) is 0 Å². The molecule has 1 atom stereocenters. The number of benzene rings is 1. The number of methoxy groups -OCH3 is 1. The van der Waals surface area contributed by atoms with Crippen molar-refractivity contribution in [3.05, 3.63) is 28.3 Å². The second-order valence-corrected chi connectivity index (χ2v) is 5.06. The van der Waals surface area contributed by atoms with Gasteiger partial charge < -0.3 is 14.7 Å². The van der Waals surface area contributed by atoms with Crippen LogP contribution in [0.25, 0.3) is 0 Å². The number of hydrogen-bond donors (Lipinski definition) is 1. The Kier molecular flexibility index (Phi) is 5.17. The fourth-order valence-corrected chi connectivity index (χ4v) is 2.56. The number of ether oxygens (including phenoxy) is 1. The first-order valence-corrected chi connectivity index (χ1v) is 6.36. The molecule has 0 spiro atoms. The van der Waals surface area contributed by atoms with Crippen LogP contribution in [0, 0.1) is 20.8 Å². The normalized spacial score (nSPS) is 12.9. The number of aliphatic hydroxyl groups is 1. The number of aryl methyl sites for hydroxylation is 1. The van der Waals surface area contributed by atoms with E-state index in [0.29, 0.717) is 0 Å². The van der Waals surface area contributed by atoms with Crippen LogP contribution in [0.3, 0.4) is 0 Å². The molecule has 0 aromatic heterocycles. The Labute approximate surface area is 110 Å². The summed E-state index contributed by atoms with van der Waals surface area (Å²) in [4.78, 5) is 2.16. The Bertz CT molecular complexity index is 413. The monoisotopic (exact) mass is 251 g/mol. The van der Waals surface area contributed by atoms with Gasteiger partial charge in [-0.2, -0.15) is 0 Å². The van der Waals surface area contributed by atoms with Crippen molar-refractivity contribution in [3.63, 3.8) is 0 Å². The third-order valence-electron chi connectivity index (χ3n) is 3.66. The molecule has 1 aromatic rings. The molecule has 0 aliphatic heterocycles. The molecule has 0 bridgehead atoms. The Morgan fingerprint density at radius 2 is 1.83 bits per heavy atom. The highest BCUT2D eigenvalue weighted by Crippen LogP contribution is 2.34. The Morgan fingerprint density at radius 3 is 2.28 bits per heavy atom. The maximum absolute atomic E-state index is 9.23. The zero-order valence-electron chi connectivity index (χ0n) is 12.4. The molecule has 0 aliphatic rings. The lowest BCUT2D eigenvalue weighted by atomic mass is 9.92. The van der Waals surface area contributed by atoms with E-state index in [9.17, 15) is 5.11 Å². The standard InChI is InChI=1S/C15H25NO2/c1-10-9-13(14(7-8-17)16(4)5)11(2)12(3)15(10)18-6/h9,14,17H,7-8H2,1-6H3. The van der Waals surface area contributed by atoms with Gasteiger partial charge in [-0.15, -0.1) is 0 Å². The second kappa shape index (κ2) is 6.21. The zero-order valence-corrected chi connectivity index (χ0v) is 12.4. The van der Waals surface area contributed by atoms with E-state index in [4.69, 9.17) is 4.74 Å². The van der Waals surface area contributed by atoms with E-state index in [1.165, 1.54) is 16.7 Å². The predicted molar refractivity (Wildman–Crippen MR) is 75.3 cm³/mol. The molecule has 1 aromatic carbocycles. The van der Waals surface area contributed by atoms with Crippen molar-refractivity contribution in [1.29, 1.82) is 0 Å². The van der Waals surface area contributed by atoms with Crippen molar-refractivity contribution in [1.82, 2.24) is 4.90 Å². The highest BCUT2D eigenvalue weighted by atomic mass is 16.5. The summed E-state index contributed by atoms with van der Waals surface area (Å²) in [6, 6.07) is 2.43. The van der Waals surface area contributed by atoms with Gasteiger partial charge in [-0.05, 0) is 63.5 Å². The molecular formula is C15H25NO2. The van der Waals surface area contributed by atoms with Crippen LogP contribution in [-0.4, -0.2) is 37.8 Å². The summed E-state index contributed by atoms with van der Waals surface area (Å²) in [6.07, 6.45) is 0.749. The summed E-state index contributed by atoms with van der Waals surface area (Å²) in [5.41, 5.74) is 4.88. The van der Waals surface area contributed by atoms with Gasteiger partial charge in [0.15, 0.2) is 0 Å². The highest BCUT2D eigenvalue weighted by molar-refractivity contribution is 5.50. The van der Waals surface area contributed by atoms with Crippen LogP contribution in [0.5, 0.6) is 5.75 Å². The summed E-state index contributed by atoms with van der Waals surface area (Å²) >= 11 is 0. The molecule has 0 aliphatic carbocycles. The van der Waals surface area contributed by atoms with Crippen LogP contribution < -0.4 is 4.74 Å². The van der Waals surface area contributed by atoms with Crippen molar-refractivity contribution >= 4 is 0 Å². The summed E-state index contributed by atoms with van der Waals surface area (Å²) in [5, 5.41) is 9.23. The van der Waals surface area contributed by atoms with Gasteiger partial charge in [0, 0.05) is 12.6 Å². The number of rotatable bonds is 5. The molecule has 0 saturated carbocycles. The molecule has 102 valence electrons. The molecule has 0 heterocycles. The second-order valence-electron chi connectivity index (χ2n) is 5.06. The average molecular weight is 251 g/mol. The zero-order chi connectivity index (χ0) is 13.9. The first-order chi connectivity index (χ1) is 8.43. The van der Waals surface area contributed by atoms with Crippen molar-refractivity contribution in [3.8, 4) is 5.75 Å². The van der Waals surface area contributed by atoms with Crippen LogP contribution in [0.15, 0.2) is 6.07 Å². The minimum atomic E-state index is 0.201. The third kappa shape index (κ3) is 2.85. The van der Waals surface area contributed by atoms with Crippen LogP contribution in [-0.2, 0) is 0 Å². The van der Waals surface area contributed by atoms with E-state index >= 15 is 0 Å². The van der Waals surface area contributed by atoms with Crippen LogP contribution >= 0.6 is 0 Å². The Hall–Kier alpha value is -1.06. The molecule has 18 heavy (non-hydrogen) atoms. The molecule has 3 nitrogen and oxygen atoms in total. The van der Waals surface area contributed by atoms with E-state index in [0.717, 1.165) is 17.7 Å². The number of aliphatic hydroxyl groups excluding tert-OH is 1. The maximum atomic E-state index is 9.23. The van der Waals surface area contributed by atoms with Crippen LogP contribution in [0.1, 0.15) is 34.7 Å². The molecule has 1 rings (SSSR count). The van der Waals surface area contributed by atoms with Gasteiger partial charge in [0.2, 0.25) is 0 Å². The van der Waals surface area contributed by atoms with Crippen LogP contribution in [0.2, 0.25) is 0 Å². The summed E-state index contributed by atoms with van der Waals surface area (Å²) in [6.45, 7) is 6.49. The lowest BCUT2D eigenvalue weighted by molar-refractivity contribution is 0.210. The Morgan fingerprint density at radius 1 is 1.22 bits per heavy atom. The third-order valence-corrected chi connectivity index (χ3v) is 3.66. The van der Waals surface area contributed by atoms with E-state index < -0.39 is 0 Å². The van der Waals surface area contributed by atoms with Crippen molar-refractivity contribution in [2.24, 2.45) is 0 Å². The fraction of sp³-hybridized carbons (Fsp3) is 0.600. The SMILES string of the molecule is COc1c(C)cc(C(CCO)N(C)C)c(C)c1C. The van der Waals surface area contributed by atoms with E-state index in [1.54, 1.807) is 7.11 Å². The molecule has 3 heteroatoms. The lowest BCUT2D eigenvalue weighted by Gasteiger charge is -2.27. The van der Waals surface area contributed by atoms with Crippen molar-refractivity contribution in [2.45, 2.75) is 33.2 Å². The number of nitrogens with zero attached hydrogens (tertiary/aromatic N) is 1. The van der Waals surface area contributed by atoms with E-state index in [1.807, 2.05) is 0 Å². The Balaban J connectivity index is 3.32. The van der Waals surface area contributed by atoms with Crippen molar-refractivity contribution in [2.75, 3.05) is 27.8 Å². The van der Waals surface area contributed by atoms with E-state index in [2.05, 4.69) is 45.8 Å². The first kappa shape index (κ1) is 15.0. The largest absolute Gasteiger partial charge is 0.496 e. The summed E-state index contributed by atoms with van der Waals surface area (Å²) in [7, 11) is 5.81. The summed E-state index contributed by atoms with van der Waals surface area (Å²) < 4.78 is 5.45. The summed E-state index contributed by atoms with van der Waals surface area (Å²) in [5.74, 6) is 0.970.